The molecule has 1 aromatic heterocycles. The SMILES string of the molecule is c1cc(C2=NCCC(N3CCOCC3)=N2)c2cn[nH]c2c1. The minimum Gasteiger partial charge on any atom is -0.378 e. The molecule has 0 atom stereocenters. The standard InChI is InChI=1S/C15H17N5O/c1-2-11(12-10-17-19-13(12)3-1)15-16-5-4-14(18-15)20-6-8-21-9-7-20/h1-3,10H,4-9H2,(H,17,19). The third-order valence-electron chi connectivity index (χ3n) is 3.93. The van der Waals surface area contributed by atoms with Crippen LogP contribution in [-0.4, -0.2) is 59.6 Å². The summed E-state index contributed by atoms with van der Waals surface area (Å²) < 4.78 is 5.41. The van der Waals surface area contributed by atoms with Gasteiger partial charge in [-0.15, -0.1) is 0 Å². The smallest absolute Gasteiger partial charge is 0.157 e. The van der Waals surface area contributed by atoms with Crippen molar-refractivity contribution in [2.75, 3.05) is 32.8 Å². The first-order valence-electron chi connectivity index (χ1n) is 7.29. The molecule has 2 aliphatic rings. The van der Waals surface area contributed by atoms with E-state index in [1.54, 1.807) is 0 Å². The van der Waals surface area contributed by atoms with Crippen molar-refractivity contribution in [2.45, 2.75) is 6.42 Å². The lowest BCUT2D eigenvalue weighted by molar-refractivity contribution is 0.0672. The normalized spacial score (nSPS) is 19.5. The molecule has 0 amide bonds. The molecule has 0 unspecified atom stereocenters. The Kier molecular flexibility index (Phi) is 3.16. The van der Waals surface area contributed by atoms with Gasteiger partial charge >= 0.3 is 0 Å². The number of benzene rings is 1. The number of H-pyrrole nitrogens is 1. The van der Waals surface area contributed by atoms with Crippen LogP contribution in [0.4, 0.5) is 0 Å². The second kappa shape index (κ2) is 5.29. The molecule has 3 heterocycles. The van der Waals surface area contributed by atoms with E-state index in [1.807, 2.05) is 18.3 Å². The lowest BCUT2D eigenvalue weighted by atomic mass is 10.1. The molecule has 0 spiro atoms. The predicted molar refractivity (Wildman–Crippen MR) is 81.9 cm³/mol. The van der Waals surface area contributed by atoms with Gasteiger partial charge in [0, 0.05) is 37.0 Å². The van der Waals surface area contributed by atoms with Gasteiger partial charge in [-0.05, 0) is 6.07 Å². The zero-order chi connectivity index (χ0) is 14.1. The van der Waals surface area contributed by atoms with Gasteiger partial charge in [-0.2, -0.15) is 5.10 Å². The molecule has 6 nitrogen and oxygen atoms in total. The fraction of sp³-hybridized carbons (Fsp3) is 0.400. The zero-order valence-corrected chi connectivity index (χ0v) is 11.7. The van der Waals surface area contributed by atoms with Crippen molar-refractivity contribution in [1.82, 2.24) is 15.1 Å². The van der Waals surface area contributed by atoms with Crippen molar-refractivity contribution < 1.29 is 4.74 Å². The Hall–Kier alpha value is -2.21. The number of hydrogen-bond donors (Lipinski definition) is 1. The fourth-order valence-electron chi connectivity index (χ4n) is 2.83. The van der Waals surface area contributed by atoms with Crippen molar-refractivity contribution in [3.05, 3.63) is 30.0 Å². The quantitative estimate of drug-likeness (QED) is 0.861. The molecule has 1 aromatic carbocycles. The number of morpholine rings is 1. The highest BCUT2D eigenvalue weighted by atomic mass is 16.5. The number of ether oxygens (including phenoxy) is 1. The van der Waals surface area contributed by atoms with E-state index < -0.39 is 0 Å². The number of aromatic nitrogens is 2. The van der Waals surface area contributed by atoms with E-state index in [9.17, 15) is 0 Å². The largest absolute Gasteiger partial charge is 0.378 e. The summed E-state index contributed by atoms with van der Waals surface area (Å²) in [6, 6.07) is 6.08. The molecule has 0 bridgehead atoms. The first-order valence-corrected chi connectivity index (χ1v) is 7.29. The zero-order valence-electron chi connectivity index (χ0n) is 11.7. The maximum atomic E-state index is 5.41. The van der Waals surface area contributed by atoms with Gasteiger partial charge in [-0.1, -0.05) is 12.1 Å². The van der Waals surface area contributed by atoms with Gasteiger partial charge in [0.15, 0.2) is 5.84 Å². The Morgan fingerprint density at radius 1 is 1.19 bits per heavy atom. The maximum Gasteiger partial charge on any atom is 0.157 e. The topological polar surface area (TPSA) is 65.9 Å². The molecule has 21 heavy (non-hydrogen) atoms. The summed E-state index contributed by atoms with van der Waals surface area (Å²) in [5, 5.41) is 8.18. The van der Waals surface area contributed by atoms with Crippen LogP contribution >= 0.6 is 0 Å². The van der Waals surface area contributed by atoms with E-state index in [4.69, 9.17) is 9.73 Å². The molecule has 1 N–H and O–H groups in total. The Morgan fingerprint density at radius 2 is 2.10 bits per heavy atom. The average Bonchev–Trinajstić information content (AvgIpc) is 3.04. The lowest BCUT2D eigenvalue weighted by Gasteiger charge is -2.31. The van der Waals surface area contributed by atoms with E-state index in [0.29, 0.717) is 0 Å². The second-order valence-electron chi connectivity index (χ2n) is 5.22. The average molecular weight is 283 g/mol. The summed E-state index contributed by atoms with van der Waals surface area (Å²) in [6.07, 6.45) is 2.75. The molecule has 0 aliphatic carbocycles. The van der Waals surface area contributed by atoms with Crippen molar-refractivity contribution in [3.8, 4) is 0 Å². The van der Waals surface area contributed by atoms with E-state index >= 15 is 0 Å². The van der Waals surface area contributed by atoms with Crippen LogP contribution in [0.25, 0.3) is 10.9 Å². The van der Waals surface area contributed by atoms with E-state index in [2.05, 4.69) is 26.2 Å². The first kappa shape index (κ1) is 12.5. The molecular weight excluding hydrogens is 266 g/mol. The third-order valence-corrected chi connectivity index (χ3v) is 3.93. The first-order chi connectivity index (χ1) is 10.4. The molecule has 108 valence electrons. The van der Waals surface area contributed by atoms with E-state index in [1.165, 1.54) is 0 Å². The maximum absolute atomic E-state index is 5.41. The number of amidine groups is 2. The molecule has 6 heteroatoms. The Bertz CT molecular complexity index is 712. The van der Waals surface area contributed by atoms with Crippen LogP contribution in [0.1, 0.15) is 12.0 Å². The van der Waals surface area contributed by atoms with Crippen LogP contribution in [0.2, 0.25) is 0 Å². The van der Waals surface area contributed by atoms with Crippen LogP contribution in [0.15, 0.2) is 34.4 Å². The molecule has 1 saturated heterocycles. The summed E-state index contributed by atoms with van der Waals surface area (Å²) in [7, 11) is 0. The lowest BCUT2D eigenvalue weighted by Crippen LogP contribution is -2.42. The van der Waals surface area contributed by atoms with Crippen molar-refractivity contribution in [3.63, 3.8) is 0 Å². The van der Waals surface area contributed by atoms with Crippen LogP contribution in [0, 0.1) is 0 Å². The molecule has 1 fully saturated rings. The van der Waals surface area contributed by atoms with Gasteiger partial charge in [0.2, 0.25) is 0 Å². The van der Waals surface area contributed by atoms with Gasteiger partial charge in [0.1, 0.15) is 5.84 Å². The van der Waals surface area contributed by atoms with Gasteiger partial charge in [0.25, 0.3) is 0 Å². The van der Waals surface area contributed by atoms with E-state index in [0.717, 1.165) is 67.4 Å². The Morgan fingerprint density at radius 3 is 3.00 bits per heavy atom. The van der Waals surface area contributed by atoms with Gasteiger partial charge in [-0.25, -0.2) is 4.99 Å². The van der Waals surface area contributed by atoms with Crippen LogP contribution in [0.5, 0.6) is 0 Å². The molecule has 2 aromatic rings. The van der Waals surface area contributed by atoms with Crippen LogP contribution in [0.3, 0.4) is 0 Å². The number of hydrogen-bond acceptors (Lipinski definition) is 5. The summed E-state index contributed by atoms with van der Waals surface area (Å²) in [5.41, 5.74) is 2.07. The van der Waals surface area contributed by atoms with Crippen molar-refractivity contribution in [1.29, 1.82) is 0 Å². The van der Waals surface area contributed by atoms with Crippen LogP contribution < -0.4 is 0 Å². The number of fused-ring (bicyclic) bond motifs is 1. The minimum atomic E-state index is 0.781. The summed E-state index contributed by atoms with van der Waals surface area (Å²) >= 11 is 0. The molecule has 4 rings (SSSR count). The summed E-state index contributed by atoms with van der Waals surface area (Å²) in [4.78, 5) is 11.7. The number of rotatable bonds is 1. The minimum absolute atomic E-state index is 0.781. The van der Waals surface area contributed by atoms with Crippen molar-refractivity contribution >= 4 is 22.6 Å². The van der Waals surface area contributed by atoms with Gasteiger partial charge in [0.05, 0.1) is 24.9 Å². The fourth-order valence-corrected chi connectivity index (χ4v) is 2.83. The Labute approximate surface area is 122 Å². The highest BCUT2D eigenvalue weighted by Crippen LogP contribution is 2.19. The number of nitrogens with zero attached hydrogens (tertiary/aromatic N) is 4. The van der Waals surface area contributed by atoms with Crippen molar-refractivity contribution in [2.24, 2.45) is 9.98 Å². The van der Waals surface area contributed by atoms with Gasteiger partial charge in [-0.3, -0.25) is 10.1 Å². The molecule has 0 radical (unpaired) electrons. The summed E-state index contributed by atoms with van der Waals surface area (Å²) in [5.74, 6) is 1.94. The van der Waals surface area contributed by atoms with Gasteiger partial charge < -0.3 is 9.64 Å². The monoisotopic (exact) mass is 283 g/mol. The highest BCUT2D eigenvalue weighted by Gasteiger charge is 2.19. The Balaban J connectivity index is 1.70. The number of nitrogens with one attached hydrogen (secondary N) is 1. The number of aromatic amines is 1. The molecule has 0 saturated carbocycles. The second-order valence-corrected chi connectivity index (χ2v) is 5.22. The van der Waals surface area contributed by atoms with Crippen LogP contribution in [-0.2, 0) is 4.74 Å². The van der Waals surface area contributed by atoms with E-state index in [-0.39, 0.29) is 0 Å². The molecule has 2 aliphatic heterocycles. The third kappa shape index (κ3) is 2.31. The summed E-state index contributed by atoms with van der Waals surface area (Å²) in [6.45, 7) is 4.19. The molecular formula is C15H17N5O. The predicted octanol–water partition coefficient (Wildman–Crippen LogP) is 1.44. The highest BCUT2D eigenvalue weighted by molar-refractivity contribution is 6.14. The number of aliphatic imine (C=N–C) groups is 2.